The van der Waals surface area contributed by atoms with E-state index in [0.717, 1.165) is 4.31 Å². The molecule has 0 aliphatic rings. The van der Waals surface area contributed by atoms with E-state index in [1.165, 1.54) is 24.3 Å². The van der Waals surface area contributed by atoms with Gasteiger partial charge in [-0.3, -0.25) is 14.4 Å². The van der Waals surface area contributed by atoms with Gasteiger partial charge in [0, 0.05) is 11.6 Å². The number of carbonyl (C=O) groups is 1. The molecule has 1 atom stereocenters. The molecule has 0 saturated heterocycles. The van der Waals surface area contributed by atoms with Crippen molar-refractivity contribution in [3.63, 3.8) is 0 Å². The van der Waals surface area contributed by atoms with Crippen LogP contribution < -0.4 is 10.2 Å². The van der Waals surface area contributed by atoms with Crippen molar-refractivity contribution in [3.05, 3.63) is 59.1 Å². The first-order chi connectivity index (χ1) is 15.2. The number of nitrogens with zero attached hydrogens (tertiary/aromatic N) is 1. The van der Waals surface area contributed by atoms with Crippen molar-refractivity contribution in [1.82, 2.24) is 9.79 Å². The Labute approximate surface area is 193 Å². The molecular formula is C22H28ClFN2O5S. The molecule has 0 heterocycles. The van der Waals surface area contributed by atoms with Crippen LogP contribution in [0.15, 0.2) is 53.4 Å². The molecule has 0 spiro atoms. The minimum absolute atomic E-state index is 0.0287. The van der Waals surface area contributed by atoms with E-state index in [9.17, 15) is 22.8 Å². The normalized spacial score (nSPS) is 12.7. The summed E-state index contributed by atoms with van der Waals surface area (Å²) < 4.78 is 45.8. The zero-order valence-corrected chi connectivity index (χ0v) is 19.6. The van der Waals surface area contributed by atoms with Crippen LogP contribution in [0.25, 0.3) is 0 Å². The van der Waals surface area contributed by atoms with Crippen molar-refractivity contribution in [1.29, 1.82) is 0 Å². The summed E-state index contributed by atoms with van der Waals surface area (Å²) >= 11 is 5.93. The van der Waals surface area contributed by atoms with Crippen molar-refractivity contribution in [2.75, 3.05) is 13.3 Å². The number of benzene rings is 2. The van der Waals surface area contributed by atoms with Gasteiger partial charge in [-0.1, -0.05) is 37.6 Å². The predicted molar refractivity (Wildman–Crippen MR) is 120 cm³/mol. The van der Waals surface area contributed by atoms with Gasteiger partial charge in [-0.2, -0.15) is 4.31 Å². The minimum Gasteiger partial charge on any atom is -0.494 e. The van der Waals surface area contributed by atoms with Crippen molar-refractivity contribution in [3.8, 4) is 5.75 Å². The first kappa shape index (κ1) is 26.1. The number of amides is 1. The number of hydroxylamine groups is 1. The molecule has 2 rings (SSSR count). The van der Waals surface area contributed by atoms with Crippen LogP contribution >= 0.6 is 11.6 Å². The Hall–Kier alpha value is -2.20. The molecule has 176 valence electrons. The Morgan fingerprint density at radius 2 is 1.75 bits per heavy atom. The number of hydrogen-bond donors (Lipinski definition) is 2. The molecule has 2 aromatic rings. The summed E-state index contributed by atoms with van der Waals surface area (Å²) in [7, 11) is -4.13. The molecule has 0 aromatic heterocycles. The maximum Gasteiger partial charge on any atom is 0.262 e. The molecule has 2 aromatic carbocycles. The fourth-order valence-electron chi connectivity index (χ4n) is 3.16. The highest BCUT2D eigenvalue weighted by molar-refractivity contribution is 7.89. The van der Waals surface area contributed by atoms with Gasteiger partial charge in [-0.15, -0.1) is 0 Å². The van der Waals surface area contributed by atoms with Gasteiger partial charge in [0.2, 0.25) is 10.0 Å². The van der Waals surface area contributed by atoms with E-state index >= 15 is 0 Å². The molecule has 0 aliphatic carbocycles. The van der Waals surface area contributed by atoms with Gasteiger partial charge in [-0.25, -0.2) is 13.9 Å². The van der Waals surface area contributed by atoms with Crippen LogP contribution in [0, 0.1) is 5.92 Å². The summed E-state index contributed by atoms with van der Waals surface area (Å²) in [5.41, 5.74) is 2.20. The molecule has 2 N–H and O–H groups in total. The van der Waals surface area contributed by atoms with Gasteiger partial charge in [0.05, 0.1) is 18.2 Å². The number of rotatable bonds is 12. The average Bonchev–Trinajstić information content (AvgIpc) is 2.77. The summed E-state index contributed by atoms with van der Waals surface area (Å²) in [6.07, 6.45) is 0.952. The van der Waals surface area contributed by atoms with Crippen molar-refractivity contribution >= 4 is 27.5 Å². The number of halogens is 2. The fourth-order valence-corrected chi connectivity index (χ4v) is 5.00. The van der Waals surface area contributed by atoms with E-state index < -0.39 is 34.6 Å². The second-order valence-electron chi connectivity index (χ2n) is 7.56. The SMILES string of the molecule is CC(C)[C@H](C(=O)NO)N(Cc1ccc(Cl)cc1)S(=O)(=O)c1ccc(OCCCCF)cc1. The standard InChI is InChI=1S/C22H28ClFN2O5S/c1-16(2)21(22(27)25-28)26(15-17-5-7-18(23)8-6-17)32(29,30)20-11-9-19(10-12-20)31-14-4-3-13-24/h5-12,16,21,28H,3-4,13-15H2,1-2H3,(H,25,27)/t21-/m1/s1. The quantitative estimate of drug-likeness (QED) is 0.266. The van der Waals surface area contributed by atoms with Crippen molar-refractivity contribution in [2.24, 2.45) is 5.92 Å². The predicted octanol–water partition coefficient (Wildman–Crippen LogP) is 4.19. The van der Waals surface area contributed by atoms with Gasteiger partial charge in [0.1, 0.15) is 11.8 Å². The van der Waals surface area contributed by atoms with Crippen LogP contribution in [-0.4, -0.2) is 43.2 Å². The third-order valence-electron chi connectivity index (χ3n) is 4.80. The Bertz CT molecular complexity index is 969. The summed E-state index contributed by atoms with van der Waals surface area (Å²) in [6.45, 7) is 3.20. The molecule has 7 nitrogen and oxygen atoms in total. The summed E-state index contributed by atoms with van der Waals surface area (Å²) in [5.74, 6) is -0.798. The highest BCUT2D eigenvalue weighted by Gasteiger charge is 2.38. The summed E-state index contributed by atoms with van der Waals surface area (Å²) in [5, 5.41) is 9.72. The van der Waals surface area contributed by atoms with Crippen LogP contribution in [0.1, 0.15) is 32.3 Å². The molecule has 1 amide bonds. The van der Waals surface area contributed by atoms with Crippen LogP contribution in [-0.2, 0) is 21.4 Å². The molecule has 10 heteroatoms. The molecule has 0 bridgehead atoms. The smallest absolute Gasteiger partial charge is 0.262 e. The molecule has 0 fully saturated rings. The van der Waals surface area contributed by atoms with Gasteiger partial charge >= 0.3 is 0 Å². The summed E-state index contributed by atoms with van der Waals surface area (Å²) in [4.78, 5) is 12.4. The second kappa shape index (κ2) is 12.2. The molecule has 0 saturated carbocycles. The van der Waals surface area contributed by atoms with Gasteiger partial charge in [0.25, 0.3) is 5.91 Å². The van der Waals surface area contributed by atoms with E-state index in [2.05, 4.69) is 0 Å². The van der Waals surface area contributed by atoms with Gasteiger partial charge < -0.3 is 4.74 Å². The molecular weight excluding hydrogens is 459 g/mol. The third kappa shape index (κ3) is 6.90. The number of nitrogens with one attached hydrogen (secondary N) is 1. The van der Waals surface area contributed by atoms with Crippen LogP contribution in [0.2, 0.25) is 5.02 Å². The van der Waals surface area contributed by atoms with E-state index in [1.807, 2.05) is 0 Å². The third-order valence-corrected chi connectivity index (χ3v) is 6.89. The first-order valence-corrected chi connectivity index (χ1v) is 12.0. The lowest BCUT2D eigenvalue weighted by Gasteiger charge is -2.32. The summed E-state index contributed by atoms with van der Waals surface area (Å²) in [6, 6.07) is 11.3. The Morgan fingerprint density at radius 1 is 1.12 bits per heavy atom. The lowest BCUT2D eigenvalue weighted by molar-refractivity contribution is -0.134. The number of unbranched alkanes of at least 4 members (excludes halogenated alkanes) is 1. The topological polar surface area (TPSA) is 95.9 Å². The maximum atomic E-state index is 13.5. The highest BCUT2D eigenvalue weighted by Crippen LogP contribution is 2.27. The van der Waals surface area contributed by atoms with E-state index in [-0.39, 0.29) is 11.4 Å². The molecule has 0 aliphatic heterocycles. The first-order valence-electron chi connectivity index (χ1n) is 10.2. The van der Waals surface area contributed by atoms with E-state index in [1.54, 1.807) is 43.6 Å². The Morgan fingerprint density at radius 3 is 2.28 bits per heavy atom. The number of alkyl halides is 1. The van der Waals surface area contributed by atoms with Gasteiger partial charge in [0.15, 0.2) is 0 Å². The van der Waals surface area contributed by atoms with Gasteiger partial charge in [-0.05, 0) is 60.7 Å². The van der Waals surface area contributed by atoms with Crippen LogP contribution in [0.4, 0.5) is 4.39 Å². The number of sulfonamides is 1. The number of carbonyl (C=O) groups excluding carboxylic acids is 1. The number of hydrogen-bond acceptors (Lipinski definition) is 5. The maximum absolute atomic E-state index is 13.5. The van der Waals surface area contributed by atoms with Crippen molar-refractivity contribution in [2.45, 2.75) is 44.2 Å². The van der Waals surface area contributed by atoms with Crippen LogP contribution in [0.3, 0.4) is 0 Å². The molecule has 32 heavy (non-hydrogen) atoms. The second-order valence-corrected chi connectivity index (χ2v) is 9.88. The highest BCUT2D eigenvalue weighted by atomic mass is 35.5. The average molecular weight is 487 g/mol. The largest absolute Gasteiger partial charge is 0.494 e. The van der Waals surface area contributed by atoms with E-state index in [0.29, 0.717) is 35.8 Å². The van der Waals surface area contributed by atoms with E-state index in [4.69, 9.17) is 16.3 Å². The minimum atomic E-state index is -4.13. The zero-order valence-electron chi connectivity index (χ0n) is 18.0. The molecule has 0 radical (unpaired) electrons. The lowest BCUT2D eigenvalue weighted by atomic mass is 10.0. The van der Waals surface area contributed by atoms with Crippen molar-refractivity contribution < 1.29 is 27.5 Å². The fraction of sp³-hybridized carbons (Fsp3) is 0.409. The Kier molecular flexibility index (Phi) is 9.89. The monoisotopic (exact) mass is 486 g/mol. The molecule has 0 unspecified atom stereocenters. The number of ether oxygens (including phenoxy) is 1. The van der Waals surface area contributed by atoms with Crippen LogP contribution in [0.5, 0.6) is 5.75 Å². The Balaban J connectivity index is 2.37. The lowest BCUT2D eigenvalue weighted by Crippen LogP contribution is -2.51. The zero-order chi connectivity index (χ0) is 23.7.